The van der Waals surface area contributed by atoms with Crippen molar-refractivity contribution in [1.82, 2.24) is 9.55 Å². The Morgan fingerprint density at radius 3 is 2.09 bits per heavy atom. The lowest BCUT2D eigenvalue weighted by molar-refractivity contribution is 0.0871. The van der Waals surface area contributed by atoms with Gasteiger partial charge in [0, 0.05) is 24.3 Å². The van der Waals surface area contributed by atoms with Gasteiger partial charge in [0.1, 0.15) is 0 Å². The quantitative estimate of drug-likeness (QED) is 0.448. The Labute approximate surface area is 211 Å². The van der Waals surface area contributed by atoms with E-state index in [4.69, 9.17) is 8.85 Å². The molecule has 1 aromatic heterocycles. The number of hydrogen-bond acceptors (Lipinski definition) is 5. The molecular formula is C25H46N2O4SSi2. The van der Waals surface area contributed by atoms with Crippen molar-refractivity contribution in [2.75, 3.05) is 6.61 Å². The maximum Gasteiger partial charge on any atom is 0.329 e. The van der Waals surface area contributed by atoms with Crippen LogP contribution in [-0.4, -0.2) is 44.1 Å². The van der Waals surface area contributed by atoms with Crippen LogP contribution in [0.1, 0.15) is 65.3 Å². The third-order valence-corrected chi connectivity index (χ3v) is 19.2. The monoisotopic (exact) mass is 526 g/mol. The molecule has 1 saturated carbocycles. The van der Waals surface area contributed by atoms with Crippen LogP contribution < -0.4 is 11.2 Å². The smallest absolute Gasteiger partial charge is 0.329 e. The van der Waals surface area contributed by atoms with E-state index in [2.05, 4.69) is 72.7 Å². The minimum atomic E-state index is -2.05. The van der Waals surface area contributed by atoms with Crippen LogP contribution in [0.2, 0.25) is 36.3 Å². The zero-order valence-corrected chi connectivity index (χ0v) is 25.9. The molecule has 34 heavy (non-hydrogen) atoms. The molecule has 1 aromatic rings. The Morgan fingerprint density at radius 2 is 1.59 bits per heavy atom. The lowest BCUT2D eigenvalue weighted by atomic mass is 9.94. The number of H-pyrrole nitrogens is 1. The van der Waals surface area contributed by atoms with E-state index in [0.717, 1.165) is 0 Å². The third-order valence-electron chi connectivity index (χ3n) is 8.63. The Kier molecular flexibility index (Phi) is 7.70. The average molecular weight is 527 g/mol. The minimum absolute atomic E-state index is 0.0345. The molecule has 0 aromatic carbocycles. The fraction of sp³-hybridized carbons (Fsp3) is 0.840. The van der Waals surface area contributed by atoms with E-state index in [9.17, 15) is 9.59 Å². The van der Waals surface area contributed by atoms with E-state index in [1.54, 1.807) is 17.7 Å². The Hall–Kier alpha value is -0.616. The summed E-state index contributed by atoms with van der Waals surface area (Å²) < 4.78 is 15.6. The van der Waals surface area contributed by atoms with E-state index in [-0.39, 0.29) is 44.0 Å². The number of rotatable bonds is 7. The molecule has 0 amide bonds. The third kappa shape index (κ3) is 5.69. The molecule has 6 nitrogen and oxygen atoms in total. The van der Waals surface area contributed by atoms with Crippen molar-refractivity contribution in [3.63, 3.8) is 0 Å². The normalized spacial score (nSPS) is 26.8. The summed E-state index contributed by atoms with van der Waals surface area (Å²) >= 11 is 1.82. The van der Waals surface area contributed by atoms with Crippen molar-refractivity contribution in [1.29, 1.82) is 0 Å². The molecule has 2 heterocycles. The lowest BCUT2D eigenvalue weighted by Crippen LogP contribution is -2.50. The lowest BCUT2D eigenvalue weighted by Gasteiger charge is -2.42. The Balaban J connectivity index is 2.01. The van der Waals surface area contributed by atoms with Crippen LogP contribution in [0.15, 0.2) is 15.8 Å². The molecule has 1 N–H and O–H groups in total. The van der Waals surface area contributed by atoms with Crippen LogP contribution in [0, 0.1) is 18.8 Å². The maximum absolute atomic E-state index is 12.9. The first-order valence-corrected chi connectivity index (χ1v) is 19.4. The first-order chi connectivity index (χ1) is 15.4. The van der Waals surface area contributed by atoms with Crippen molar-refractivity contribution >= 4 is 28.4 Å². The summed E-state index contributed by atoms with van der Waals surface area (Å²) in [6.45, 7) is 25.3. The number of aromatic nitrogens is 2. The van der Waals surface area contributed by atoms with Gasteiger partial charge in [-0.05, 0) is 61.9 Å². The van der Waals surface area contributed by atoms with Crippen molar-refractivity contribution in [3.05, 3.63) is 32.6 Å². The molecule has 0 unspecified atom stereocenters. The van der Waals surface area contributed by atoms with Crippen LogP contribution in [0.4, 0.5) is 0 Å². The number of hydrogen-bond donors (Lipinski definition) is 1. The summed E-state index contributed by atoms with van der Waals surface area (Å²) in [7, 11) is -3.98. The van der Waals surface area contributed by atoms with Gasteiger partial charge in [0.2, 0.25) is 0 Å². The molecule has 3 rings (SSSR count). The van der Waals surface area contributed by atoms with Gasteiger partial charge in [-0.2, -0.15) is 0 Å². The second-order valence-electron chi connectivity index (χ2n) is 13.4. The number of nitrogens with zero attached hydrogens (tertiary/aromatic N) is 1. The van der Waals surface area contributed by atoms with E-state index < -0.39 is 16.6 Å². The molecule has 2 fully saturated rings. The summed E-state index contributed by atoms with van der Waals surface area (Å²) in [6.07, 6.45) is 4.12. The molecule has 4 atom stereocenters. The van der Waals surface area contributed by atoms with Crippen LogP contribution in [-0.2, 0) is 8.85 Å². The van der Waals surface area contributed by atoms with Gasteiger partial charge in [-0.3, -0.25) is 14.3 Å². The summed E-state index contributed by atoms with van der Waals surface area (Å²) in [4.78, 5) is 27.5. The van der Waals surface area contributed by atoms with E-state index in [1.165, 1.54) is 12.8 Å². The first-order valence-electron chi connectivity index (χ1n) is 12.6. The highest BCUT2D eigenvalue weighted by Gasteiger charge is 2.55. The Morgan fingerprint density at radius 1 is 1.03 bits per heavy atom. The van der Waals surface area contributed by atoms with E-state index in [1.807, 2.05) is 11.8 Å². The average Bonchev–Trinajstić information content (AvgIpc) is 3.44. The molecule has 0 bridgehead atoms. The fourth-order valence-corrected chi connectivity index (χ4v) is 8.43. The van der Waals surface area contributed by atoms with E-state index in [0.29, 0.717) is 18.1 Å². The van der Waals surface area contributed by atoms with Crippen LogP contribution in [0.3, 0.4) is 0 Å². The van der Waals surface area contributed by atoms with Crippen molar-refractivity contribution < 1.29 is 8.85 Å². The molecule has 1 aliphatic carbocycles. The number of thioether (sulfide) groups is 1. The molecule has 0 radical (unpaired) electrons. The zero-order valence-electron chi connectivity index (χ0n) is 23.1. The summed E-state index contributed by atoms with van der Waals surface area (Å²) in [5.74, 6) is 0.777. The molecular weight excluding hydrogens is 481 g/mol. The standard InChI is InChI=1S/C25H46N2O4SSi2/c1-16-14-27(23(29)26-21(16)28)22-19(17-12-13-17)20(31-34(10,11)25(5,6)7)18(32-22)15-30-33(8,9)24(2,3)4/h14,17-20,22H,12-13,15H2,1-11H3,(H,26,28,29)/t18-,19+,20-,22-/m1/s1. The van der Waals surface area contributed by atoms with Crippen LogP contribution in [0.25, 0.3) is 0 Å². The van der Waals surface area contributed by atoms with Gasteiger partial charge in [-0.15, -0.1) is 11.8 Å². The van der Waals surface area contributed by atoms with Gasteiger partial charge in [0.05, 0.1) is 16.7 Å². The highest BCUT2D eigenvalue weighted by atomic mass is 32.2. The number of aryl methyl sites for hydroxylation is 1. The second-order valence-corrected chi connectivity index (χ2v) is 24.3. The summed E-state index contributed by atoms with van der Waals surface area (Å²) in [6, 6.07) is 0. The fourth-order valence-electron chi connectivity index (χ4n) is 4.08. The molecule has 0 spiro atoms. The molecule has 1 aliphatic heterocycles. The highest BCUT2D eigenvalue weighted by Crippen LogP contribution is 2.57. The summed E-state index contributed by atoms with van der Waals surface area (Å²) in [5, 5.41) is 0.324. The zero-order chi connectivity index (χ0) is 25.9. The van der Waals surface area contributed by atoms with Gasteiger partial charge in [-0.25, -0.2) is 4.79 Å². The van der Waals surface area contributed by atoms with Crippen LogP contribution in [0.5, 0.6) is 0 Å². The number of aromatic amines is 1. The molecule has 9 heteroatoms. The number of nitrogens with one attached hydrogen (secondary N) is 1. The van der Waals surface area contributed by atoms with Crippen molar-refractivity contribution in [2.45, 2.75) is 114 Å². The maximum atomic E-state index is 12.9. The van der Waals surface area contributed by atoms with Gasteiger partial charge in [-0.1, -0.05) is 41.5 Å². The van der Waals surface area contributed by atoms with Gasteiger partial charge in [0.15, 0.2) is 16.6 Å². The second kappa shape index (κ2) is 9.36. The molecule has 194 valence electrons. The minimum Gasteiger partial charge on any atom is -0.416 e. The first kappa shape index (κ1) is 28.0. The van der Waals surface area contributed by atoms with Crippen molar-refractivity contribution in [2.24, 2.45) is 11.8 Å². The van der Waals surface area contributed by atoms with Gasteiger partial charge < -0.3 is 8.85 Å². The SMILES string of the molecule is Cc1cn([C@@H]2S[C@H](CO[Si](C)(C)C(C)(C)C)[C@@H](O[Si](C)(C)C(C)(C)C)[C@@H]2C2CC2)c(=O)[nH]c1=O. The Bertz CT molecular complexity index is 1000. The largest absolute Gasteiger partial charge is 0.416 e. The predicted octanol–water partition coefficient (Wildman–Crippen LogP) is 5.90. The van der Waals surface area contributed by atoms with Crippen LogP contribution >= 0.6 is 11.8 Å². The molecule has 2 aliphatic rings. The summed E-state index contributed by atoms with van der Waals surface area (Å²) in [5.41, 5.74) is -0.0625. The van der Waals surface area contributed by atoms with E-state index >= 15 is 0 Å². The topological polar surface area (TPSA) is 73.3 Å². The van der Waals surface area contributed by atoms with Gasteiger partial charge >= 0.3 is 5.69 Å². The molecule has 1 saturated heterocycles. The highest BCUT2D eigenvalue weighted by molar-refractivity contribution is 8.00. The van der Waals surface area contributed by atoms with Crippen molar-refractivity contribution in [3.8, 4) is 0 Å². The predicted molar refractivity (Wildman–Crippen MR) is 148 cm³/mol. The van der Waals surface area contributed by atoms with Gasteiger partial charge in [0.25, 0.3) is 5.56 Å².